The highest BCUT2D eigenvalue weighted by atomic mass is 32.2. The van der Waals surface area contributed by atoms with Crippen LogP contribution in [0.2, 0.25) is 0 Å². The number of carbonyl (C=O) groups excluding carboxylic acids is 2. The minimum Gasteiger partial charge on any atom is -0.495 e. The van der Waals surface area contributed by atoms with Gasteiger partial charge in [0.25, 0.3) is 11.8 Å². The average molecular weight is 380 g/mol. The zero-order chi connectivity index (χ0) is 19.5. The van der Waals surface area contributed by atoms with Crippen molar-refractivity contribution in [1.29, 1.82) is 0 Å². The van der Waals surface area contributed by atoms with E-state index in [-0.39, 0.29) is 22.2 Å². The molecule has 0 fully saturated rings. The second-order valence-corrected chi connectivity index (χ2v) is 7.21. The summed E-state index contributed by atoms with van der Waals surface area (Å²) in [6, 6.07) is 5.86. The van der Waals surface area contributed by atoms with E-state index < -0.39 is 15.9 Å². The monoisotopic (exact) mass is 380 g/mol. The van der Waals surface area contributed by atoms with Gasteiger partial charge in [-0.3, -0.25) is 9.59 Å². The quantitative estimate of drug-likeness (QED) is 0.676. The molecule has 0 atom stereocenters. The van der Waals surface area contributed by atoms with Crippen molar-refractivity contribution in [3.8, 4) is 5.75 Å². The van der Waals surface area contributed by atoms with Gasteiger partial charge in [0.05, 0.1) is 12.8 Å². The number of ether oxygens (including phenoxy) is 1. The maximum atomic E-state index is 12.6. The van der Waals surface area contributed by atoms with E-state index in [0.29, 0.717) is 11.3 Å². The number of methoxy groups -OCH3 is 1. The fourth-order valence-corrected chi connectivity index (χ4v) is 3.10. The number of sulfonamides is 1. The van der Waals surface area contributed by atoms with E-state index in [1.54, 1.807) is 19.2 Å². The molecular formula is C16H20N4O5S. The SMILES string of the molecule is CNC(=O)c1ccc(OC)c(NC(=O)c2cc(S(=O)(=O)NC)cn2C)c1. The summed E-state index contributed by atoms with van der Waals surface area (Å²) in [6.45, 7) is 0. The number of anilines is 1. The Morgan fingerprint density at radius 3 is 2.38 bits per heavy atom. The average Bonchev–Trinajstić information content (AvgIpc) is 3.03. The topological polar surface area (TPSA) is 119 Å². The van der Waals surface area contributed by atoms with Crippen LogP contribution in [0.5, 0.6) is 5.75 Å². The van der Waals surface area contributed by atoms with E-state index in [2.05, 4.69) is 15.4 Å². The van der Waals surface area contributed by atoms with Crippen molar-refractivity contribution in [1.82, 2.24) is 14.6 Å². The van der Waals surface area contributed by atoms with E-state index >= 15 is 0 Å². The van der Waals surface area contributed by atoms with Gasteiger partial charge in [-0.15, -0.1) is 0 Å². The summed E-state index contributed by atoms with van der Waals surface area (Å²) in [7, 11) is 2.11. The molecule has 3 N–H and O–H groups in total. The Morgan fingerprint density at radius 2 is 1.81 bits per heavy atom. The predicted molar refractivity (Wildman–Crippen MR) is 96.0 cm³/mol. The van der Waals surface area contributed by atoms with Gasteiger partial charge < -0.3 is 19.9 Å². The Hall–Kier alpha value is -2.85. The molecule has 140 valence electrons. The lowest BCUT2D eigenvalue weighted by molar-refractivity contribution is 0.0961. The van der Waals surface area contributed by atoms with E-state index in [0.717, 1.165) is 0 Å². The van der Waals surface area contributed by atoms with Gasteiger partial charge in [0.2, 0.25) is 10.0 Å². The molecule has 26 heavy (non-hydrogen) atoms. The number of rotatable bonds is 6. The van der Waals surface area contributed by atoms with Crippen LogP contribution in [0.4, 0.5) is 5.69 Å². The number of nitrogens with zero attached hydrogens (tertiary/aromatic N) is 1. The fraction of sp³-hybridized carbons (Fsp3) is 0.250. The van der Waals surface area contributed by atoms with E-state index in [1.807, 2.05) is 0 Å². The number of hydrogen-bond donors (Lipinski definition) is 3. The van der Waals surface area contributed by atoms with Crippen molar-refractivity contribution in [3.05, 3.63) is 41.7 Å². The third-order valence-corrected chi connectivity index (χ3v) is 5.11. The zero-order valence-electron chi connectivity index (χ0n) is 14.8. The van der Waals surface area contributed by atoms with Crippen LogP contribution in [-0.4, -0.2) is 46.0 Å². The Balaban J connectivity index is 2.37. The highest BCUT2D eigenvalue weighted by molar-refractivity contribution is 7.89. The van der Waals surface area contributed by atoms with Crippen molar-refractivity contribution >= 4 is 27.5 Å². The largest absolute Gasteiger partial charge is 0.495 e. The standard InChI is InChI=1S/C16H20N4O5S/c1-17-15(21)10-5-6-14(25-4)12(7-10)19-16(22)13-8-11(9-20(13)3)26(23,24)18-2/h5-9,18H,1-4H3,(H,17,21)(H,19,22). The van der Waals surface area contributed by atoms with Gasteiger partial charge in [-0.25, -0.2) is 13.1 Å². The minimum absolute atomic E-state index is 0.0290. The summed E-state index contributed by atoms with van der Waals surface area (Å²) >= 11 is 0. The van der Waals surface area contributed by atoms with Gasteiger partial charge in [-0.2, -0.15) is 0 Å². The first kappa shape index (κ1) is 19.5. The smallest absolute Gasteiger partial charge is 0.272 e. The molecule has 9 nitrogen and oxygen atoms in total. The van der Waals surface area contributed by atoms with Crippen molar-refractivity contribution in [2.24, 2.45) is 7.05 Å². The Labute approximate surface area is 151 Å². The maximum absolute atomic E-state index is 12.6. The van der Waals surface area contributed by atoms with E-state index in [4.69, 9.17) is 4.74 Å². The van der Waals surface area contributed by atoms with Crippen LogP contribution in [0.25, 0.3) is 0 Å². The first-order valence-corrected chi connectivity index (χ1v) is 9.03. The van der Waals surface area contributed by atoms with Crippen LogP contribution in [0, 0.1) is 0 Å². The van der Waals surface area contributed by atoms with Gasteiger partial charge >= 0.3 is 0 Å². The van der Waals surface area contributed by atoms with Crippen molar-refractivity contribution in [2.75, 3.05) is 26.5 Å². The van der Waals surface area contributed by atoms with Gasteiger partial charge in [0, 0.05) is 25.9 Å². The second kappa shape index (κ2) is 7.58. The molecule has 1 heterocycles. The minimum atomic E-state index is -3.67. The molecule has 2 rings (SSSR count). The molecule has 2 aromatic rings. The molecule has 0 unspecified atom stereocenters. The summed E-state index contributed by atoms with van der Waals surface area (Å²) in [5, 5.41) is 5.14. The van der Waals surface area contributed by atoms with Crippen LogP contribution >= 0.6 is 0 Å². The number of carbonyl (C=O) groups is 2. The Morgan fingerprint density at radius 1 is 1.12 bits per heavy atom. The predicted octanol–water partition coefficient (Wildman–Crippen LogP) is 0.554. The summed E-state index contributed by atoms with van der Waals surface area (Å²) in [6.07, 6.45) is 1.33. The van der Waals surface area contributed by atoms with Gasteiger partial charge in [0.1, 0.15) is 16.3 Å². The summed E-state index contributed by atoms with van der Waals surface area (Å²) in [5.41, 5.74) is 0.762. The lowest BCUT2D eigenvalue weighted by Gasteiger charge is -2.12. The molecule has 0 spiro atoms. The first-order valence-electron chi connectivity index (χ1n) is 7.55. The van der Waals surface area contributed by atoms with Crippen molar-refractivity contribution < 1.29 is 22.7 Å². The lowest BCUT2D eigenvalue weighted by Crippen LogP contribution is -2.19. The second-order valence-electron chi connectivity index (χ2n) is 5.33. The fourth-order valence-electron chi connectivity index (χ4n) is 2.30. The third-order valence-electron chi connectivity index (χ3n) is 3.73. The highest BCUT2D eigenvalue weighted by Gasteiger charge is 2.20. The van der Waals surface area contributed by atoms with Crippen LogP contribution in [0.3, 0.4) is 0 Å². The van der Waals surface area contributed by atoms with Gasteiger partial charge in [-0.05, 0) is 31.3 Å². The molecular weight excluding hydrogens is 360 g/mol. The van der Waals surface area contributed by atoms with E-state index in [9.17, 15) is 18.0 Å². The highest BCUT2D eigenvalue weighted by Crippen LogP contribution is 2.26. The zero-order valence-corrected chi connectivity index (χ0v) is 15.6. The number of nitrogens with one attached hydrogen (secondary N) is 3. The molecule has 0 saturated carbocycles. The number of amides is 2. The Bertz CT molecular complexity index is 950. The lowest BCUT2D eigenvalue weighted by atomic mass is 10.1. The van der Waals surface area contributed by atoms with Crippen LogP contribution < -0.4 is 20.1 Å². The van der Waals surface area contributed by atoms with Crippen LogP contribution in [0.1, 0.15) is 20.8 Å². The number of benzene rings is 1. The molecule has 0 bridgehead atoms. The summed E-state index contributed by atoms with van der Waals surface area (Å²) in [4.78, 5) is 24.3. The molecule has 10 heteroatoms. The Kier molecular flexibility index (Phi) is 5.68. The molecule has 0 aliphatic carbocycles. The van der Waals surface area contributed by atoms with Crippen molar-refractivity contribution in [3.63, 3.8) is 0 Å². The molecule has 0 saturated heterocycles. The van der Waals surface area contributed by atoms with Crippen LogP contribution in [0.15, 0.2) is 35.4 Å². The van der Waals surface area contributed by atoms with E-state index in [1.165, 1.54) is 44.1 Å². The molecule has 1 aromatic heterocycles. The normalized spacial score (nSPS) is 11.1. The molecule has 0 aliphatic heterocycles. The number of aryl methyl sites for hydroxylation is 1. The van der Waals surface area contributed by atoms with Gasteiger partial charge in [0.15, 0.2) is 0 Å². The molecule has 0 aliphatic rings. The first-order chi connectivity index (χ1) is 12.2. The number of hydrogen-bond acceptors (Lipinski definition) is 5. The van der Waals surface area contributed by atoms with Crippen LogP contribution in [-0.2, 0) is 17.1 Å². The van der Waals surface area contributed by atoms with Gasteiger partial charge in [-0.1, -0.05) is 0 Å². The summed E-state index contributed by atoms with van der Waals surface area (Å²) < 4.78 is 32.5. The van der Waals surface area contributed by atoms with Crippen molar-refractivity contribution in [2.45, 2.75) is 4.90 Å². The molecule has 1 aromatic carbocycles. The molecule has 2 amide bonds. The third kappa shape index (κ3) is 3.86. The summed E-state index contributed by atoms with van der Waals surface area (Å²) in [5.74, 6) is -0.495. The maximum Gasteiger partial charge on any atom is 0.272 e. The number of aromatic nitrogens is 1. The molecule has 0 radical (unpaired) electrons.